The maximum Gasteiger partial charge on any atom is 0.326 e. The number of aliphatic carboxylic acids is 2. The molecule has 0 aromatic carbocycles. The average molecular weight is 535 g/mol. The highest BCUT2D eigenvalue weighted by molar-refractivity contribution is 7.80. The maximum atomic E-state index is 12.8. The molecule has 0 saturated heterocycles. The van der Waals surface area contributed by atoms with Gasteiger partial charge < -0.3 is 49.1 Å². The highest BCUT2D eigenvalue weighted by Crippen LogP contribution is 2.05. The lowest BCUT2D eigenvalue weighted by Gasteiger charge is -2.24. The number of primary amides is 1. The Morgan fingerprint density at radius 1 is 0.778 bits per heavy atom. The summed E-state index contributed by atoms with van der Waals surface area (Å²) in [6.07, 6.45) is -0.886. The van der Waals surface area contributed by atoms with E-state index in [1.807, 2.05) is 0 Å². The number of guanidine groups is 1. The smallest absolute Gasteiger partial charge is 0.326 e. The minimum Gasteiger partial charge on any atom is -0.481 e. The third-order valence-corrected chi connectivity index (χ3v) is 5.06. The summed E-state index contributed by atoms with van der Waals surface area (Å²) in [4.78, 5) is 74.6. The van der Waals surface area contributed by atoms with Crippen LogP contribution in [0.15, 0.2) is 4.99 Å². The van der Waals surface area contributed by atoms with Crippen LogP contribution in [0.5, 0.6) is 0 Å². The van der Waals surface area contributed by atoms with E-state index in [4.69, 9.17) is 28.0 Å². The third-order valence-electron chi connectivity index (χ3n) is 4.69. The van der Waals surface area contributed by atoms with Gasteiger partial charge in [-0.15, -0.1) is 0 Å². The van der Waals surface area contributed by atoms with E-state index in [9.17, 15) is 33.9 Å². The number of hydrogen-bond acceptors (Lipinski definition) is 9. The second-order valence-electron chi connectivity index (χ2n) is 7.70. The number of rotatable bonds is 18. The van der Waals surface area contributed by atoms with Crippen molar-refractivity contribution >= 4 is 54.2 Å². The van der Waals surface area contributed by atoms with Gasteiger partial charge in [-0.25, -0.2) is 4.79 Å². The van der Waals surface area contributed by atoms with E-state index in [0.717, 1.165) is 0 Å². The van der Waals surface area contributed by atoms with Crippen LogP contribution >= 0.6 is 12.6 Å². The molecule has 0 aromatic heterocycles. The van der Waals surface area contributed by atoms with Gasteiger partial charge in [-0.3, -0.25) is 29.0 Å². The Balaban J connectivity index is 5.41. The van der Waals surface area contributed by atoms with Gasteiger partial charge in [0.2, 0.25) is 23.6 Å². The summed E-state index contributed by atoms with van der Waals surface area (Å²) in [6.45, 7) is 0.108. The zero-order chi connectivity index (χ0) is 27.8. The van der Waals surface area contributed by atoms with Crippen molar-refractivity contribution in [3.8, 4) is 0 Å². The molecule has 0 radical (unpaired) electrons. The SMILES string of the molecule is NC(=O)CCC(NC(=O)C(CCCN=C(N)N)NC(=O)C(CS)NC(=O)C(N)CCC(=O)O)C(=O)O. The number of carbonyl (C=O) groups is 6. The van der Waals surface area contributed by atoms with Gasteiger partial charge in [0.15, 0.2) is 5.96 Å². The van der Waals surface area contributed by atoms with Crippen molar-refractivity contribution in [3.63, 3.8) is 0 Å². The zero-order valence-corrected chi connectivity index (χ0v) is 20.4. The summed E-state index contributed by atoms with van der Waals surface area (Å²) >= 11 is 4.02. The first-order chi connectivity index (χ1) is 16.8. The molecule has 4 amide bonds. The predicted molar refractivity (Wildman–Crippen MR) is 130 cm³/mol. The summed E-state index contributed by atoms with van der Waals surface area (Å²) < 4.78 is 0. The molecule has 0 bridgehead atoms. The first-order valence-electron chi connectivity index (χ1n) is 10.8. The first-order valence-corrected chi connectivity index (χ1v) is 11.5. The number of amides is 4. The largest absolute Gasteiger partial charge is 0.481 e. The topological polar surface area (TPSA) is 295 Å². The molecule has 0 aliphatic heterocycles. The van der Waals surface area contributed by atoms with Crippen LogP contribution in [0.1, 0.15) is 38.5 Å². The molecule has 4 atom stereocenters. The van der Waals surface area contributed by atoms with Crippen molar-refractivity contribution in [2.45, 2.75) is 62.7 Å². The summed E-state index contributed by atoms with van der Waals surface area (Å²) in [5.74, 6) is -6.18. The van der Waals surface area contributed by atoms with Crippen LogP contribution in [0, 0.1) is 0 Å². The molecule has 17 heteroatoms. The average Bonchev–Trinajstić information content (AvgIpc) is 2.79. The molecule has 0 aliphatic rings. The number of aliphatic imine (C=N–C) groups is 1. The van der Waals surface area contributed by atoms with Crippen molar-refractivity contribution in [1.29, 1.82) is 0 Å². The molecule has 0 rings (SSSR count). The van der Waals surface area contributed by atoms with Crippen LogP contribution in [0.2, 0.25) is 0 Å². The van der Waals surface area contributed by atoms with Crippen LogP contribution in [0.3, 0.4) is 0 Å². The maximum absolute atomic E-state index is 12.8. The Bertz CT molecular complexity index is 836. The number of nitrogens with one attached hydrogen (secondary N) is 3. The number of hydrogen-bond donors (Lipinski definition) is 10. The Hall–Kier alpha value is -3.60. The minimum absolute atomic E-state index is 0.0120. The molecule has 4 unspecified atom stereocenters. The normalized spacial score (nSPS) is 13.8. The molecular formula is C19H34N8O8S. The van der Waals surface area contributed by atoms with Crippen molar-refractivity contribution in [1.82, 2.24) is 16.0 Å². The van der Waals surface area contributed by atoms with Gasteiger partial charge in [-0.05, 0) is 25.7 Å². The van der Waals surface area contributed by atoms with Crippen molar-refractivity contribution in [3.05, 3.63) is 0 Å². The lowest BCUT2D eigenvalue weighted by molar-refractivity contribution is -0.142. The van der Waals surface area contributed by atoms with Crippen LogP contribution in [0.25, 0.3) is 0 Å². The van der Waals surface area contributed by atoms with Gasteiger partial charge >= 0.3 is 11.9 Å². The van der Waals surface area contributed by atoms with Gasteiger partial charge in [0, 0.05) is 25.1 Å². The second-order valence-corrected chi connectivity index (χ2v) is 8.06. The molecule has 0 heterocycles. The quantitative estimate of drug-likeness (QED) is 0.0349. The third kappa shape index (κ3) is 14.0. The lowest BCUT2D eigenvalue weighted by atomic mass is 10.1. The van der Waals surface area contributed by atoms with E-state index in [2.05, 4.69) is 33.6 Å². The van der Waals surface area contributed by atoms with Gasteiger partial charge in [0.1, 0.15) is 18.1 Å². The summed E-state index contributed by atoms with van der Waals surface area (Å²) in [7, 11) is 0. The molecule has 204 valence electrons. The number of carbonyl (C=O) groups excluding carboxylic acids is 4. The predicted octanol–water partition coefficient (Wildman–Crippen LogP) is -4.03. The van der Waals surface area contributed by atoms with E-state index in [0.29, 0.717) is 0 Å². The molecule has 36 heavy (non-hydrogen) atoms. The second kappa shape index (κ2) is 16.9. The fourth-order valence-electron chi connectivity index (χ4n) is 2.74. The fourth-order valence-corrected chi connectivity index (χ4v) is 3.00. The Kier molecular flexibility index (Phi) is 15.2. The Morgan fingerprint density at radius 2 is 1.33 bits per heavy atom. The van der Waals surface area contributed by atoms with E-state index in [-0.39, 0.29) is 56.8 Å². The van der Waals surface area contributed by atoms with Crippen molar-refractivity contribution in [2.24, 2.45) is 27.9 Å². The van der Waals surface area contributed by atoms with Crippen LogP contribution < -0.4 is 38.9 Å². The van der Waals surface area contributed by atoms with E-state index in [1.165, 1.54) is 0 Å². The monoisotopic (exact) mass is 534 g/mol. The fraction of sp³-hybridized carbons (Fsp3) is 0.632. The molecular weight excluding hydrogens is 500 g/mol. The Labute approximate surface area is 212 Å². The molecule has 0 aromatic rings. The molecule has 0 saturated carbocycles. The van der Waals surface area contributed by atoms with E-state index < -0.39 is 59.7 Å². The van der Waals surface area contributed by atoms with Gasteiger partial charge in [-0.1, -0.05) is 0 Å². The number of nitrogens with zero attached hydrogens (tertiary/aromatic N) is 1. The summed E-state index contributed by atoms with van der Waals surface area (Å²) in [6, 6.07) is -5.15. The lowest BCUT2D eigenvalue weighted by Crippen LogP contribution is -2.57. The number of carboxylic acid groups (broad SMARTS) is 2. The van der Waals surface area contributed by atoms with E-state index in [1.54, 1.807) is 0 Å². The molecule has 0 fully saturated rings. The van der Waals surface area contributed by atoms with Gasteiger partial charge in [0.25, 0.3) is 0 Å². The number of nitrogens with two attached hydrogens (primary N) is 4. The number of carboxylic acids is 2. The molecule has 16 nitrogen and oxygen atoms in total. The molecule has 0 aliphatic carbocycles. The van der Waals surface area contributed by atoms with Crippen molar-refractivity contribution in [2.75, 3.05) is 12.3 Å². The molecule has 0 spiro atoms. The summed E-state index contributed by atoms with van der Waals surface area (Å²) in [5.41, 5.74) is 21.2. The van der Waals surface area contributed by atoms with Crippen LogP contribution in [0.4, 0.5) is 0 Å². The standard InChI is InChI=1S/C19H34N8O8S/c20-9(3-6-14(29)30)15(31)27-12(8-36)17(33)25-10(2-1-7-24-19(22)23)16(32)26-11(18(34)35)4-5-13(21)28/h9-12,36H,1-8,20H2,(H2,21,28)(H,25,33)(H,26,32)(H,27,31)(H,29,30)(H,34,35)(H4,22,23,24). The molecule has 13 N–H and O–H groups in total. The zero-order valence-electron chi connectivity index (χ0n) is 19.5. The van der Waals surface area contributed by atoms with Crippen molar-refractivity contribution < 1.29 is 39.0 Å². The van der Waals surface area contributed by atoms with E-state index >= 15 is 0 Å². The van der Waals surface area contributed by atoms with Gasteiger partial charge in [0.05, 0.1) is 6.04 Å². The summed E-state index contributed by atoms with van der Waals surface area (Å²) in [5, 5.41) is 25.0. The van der Waals surface area contributed by atoms with Gasteiger partial charge in [-0.2, -0.15) is 12.6 Å². The highest BCUT2D eigenvalue weighted by Gasteiger charge is 2.30. The van der Waals surface area contributed by atoms with Crippen LogP contribution in [-0.4, -0.2) is 88.2 Å². The van der Waals surface area contributed by atoms with Crippen LogP contribution in [-0.2, 0) is 28.8 Å². The first kappa shape index (κ1) is 32.4. The minimum atomic E-state index is -1.45. The highest BCUT2D eigenvalue weighted by atomic mass is 32.1. The number of thiol groups is 1. The Morgan fingerprint density at radius 3 is 1.83 bits per heavy atom.